The topological polar surface area (TPSA) is 52.7 Å². The molecule has 0 spiro atoms. The van der Waals surface area contributed by atoms with Crippen LogP contribution in [0.3, 0.4) is 0 Å². The second-order valence-electron chi connectivity index (χ2n) is 5.27. The number of hydrogen-bond acceptors (Lipinski definition) is 4. The molecule has 1 saturated heterocycles. The zero-order valence-corrected chi connectivity index (χ0v) is 11.5. The third kappa shape index (κ3) is 3.05. The van der Waals surface area contributed by atoms with Crippen LogP contribution in [0, 0.1) is 5.82 Å². The van der Waals surface area contributed by atoms with Gasteiger partial charge >= 0.3 is 0 Å². The van der Waals surface area contributed by atoms with Crippen molar-refractivity contribution in [3.63, 3.8) is 0 Å². The van der Waals surface area contributed by atoms with Crippen LogP contribution in [0.25, 0.3) is 0 Å². The smallest absolute Gasteiger partial charge is 0.123 e. The van der Waals surface area contributed by atoms with Gasteiger partial charge in [0.1, 0.15) is 11.6 Å². The highest BCUT2D eigenvalue weighted by molar-refractivity contribution is 5.35. The maximum absolute atomic E-state index is 13.4. The van der Waals surface area contributed by atoms with E-state index < -0.39 is 0 Å². The van der Waals surface area contributed by atoms with Gasteiger partial charge in [0, 0.05) is 43.8 Å². The molecule has 1 aliphatic rings. The SMILES string of the molecule is CC(c1cc(F)ccc1O)N1CCN(C)CC1CN. The van der Waals surface area contributed by atoms with Crippen molar-refractivity contribution in [1.29, 1.82) is 0 Å². The summed E-state index contributed by atoms with van der Waals surface area (Å²) in [6.45, 7) is 5.27. The van der Waals surface area contributed by atoms with E-state index in [-0.39, 0.29) is 23.7 Å². The molecule has 2 rings (SSSR count). The maximum Gasteiger partial charge on any atom is 0.123 e. The van der Waals surface area contributed by atoms with Crippen molar-refractivity contribution < 1.29 is 9.50 Å². The summed E-state index contributed by atoms with van der Waals surface area (Å²) in [4.78, 5) is 4.49. The Bertz CT molecular complexity index is 441. The third-order valence-corrected chi connectivity index (χ3v) is 3.94. The minimum atomic E-state index is -0.321. The second kappa shape index (κ2) is 5.86. The van der Waals surface area contributed by atoms with Crippen molar-refractivity contribution in [2.24, 2.45) is 5.73 Å². The van der Waals surface area contributed by atoms with Crippen molar-refractivity contribution >= 4 is 0 Å². The summed E-state index contributed by atoms with van der Waals surface area (Å²) < 4.78 is 13.4. The monoisotopic (exact) mass is 267 g/mol. The predicted octanol–water partition coefficient (Wildman–Crippen LogP) is 1.17. The molecule has 1 aromatic rings. The molecule has 106 valence electrons. The molecule has 2 unspecified atom stereocenters. The molecule has 2 atom stereocenters. The number of phenolic OH excluding ortho intramolecular Hbond substituents is 1. The molecular formula is C14H22FN3O. The van der Waals surface area contributed by atoms with Crippen molar-refractivity contribution in [2.45, 2.75) is 19.0 Å². The van der Waals surface area contributed by atoms with Crippen LogP contribution in [0.5, 0.6) is 5.75 Å². The third-order valence-electron chi connectivity index (χ3n) is 3.94. The van der Waals surface area contributed by atoms with Crippen molar-refractivity contribution in [3.05, 3.63) is 29.6 Å². The van der Waals surface area contributed by atoms with Crippen LogP contribution in [-0.2, 0) is 0 Å². The van der Waals surface area contributed by atoms with Crippen LogP contribution < -0.4 is 5.73 Å². The quantitative estimate of drug-likeness (QED) is 0.863. The second-order valence-corrected chi connectivity index (χ2v) is 5.27. The summed E-state index contributed by atoms with van der Waals surface area (Å²) in [5.74, 6) is -0.179. The summed E-state index contributed by atoms with van der Waals surface area (Å²) in [5.41, 5.74) is 6.46. The average Bonchev–Trinajstić information content (AvgIpc) is 2.40. The van der Waals surface area contributed by atoms with Crippen molar-refractivity contribution in [1.82, 2.24) is 9.80 Å². The summed E-state index contributed by atoms with van der Waals surface area (Å²) in [5, 5.41) is 9.91. The Morgan fingerprint density at radius 2 is 2.21 bits per heavy atom. The average molecular weight is 267 g/mol. The van der Waals surface area contributed by atoms with Gasteiger partial charge in [-0.05, 0) is 32.2 Å². The first-order valence-corrected chi connectivity index (χ1v) is 6.65. The molecule has 0 bridgehead atoms. The van der Waals surface area contributed by atoms with Crippen LogP contribution in [0.1, 0.15) is 18.5 Å². The summed E-state index contributed by atoms with van der Waals surface area (Å²) in [7, 11) is 2.07. The van der Waals surface area contributed by atoms with Crippen LogP contribution in [0.4, 0.5) is 4.39 Å². The van der Waals surface area contributed by atoms with Crippen molar-refractivity contribution in [2.75, 3.05) is 33.2 Å². The first kappa shape index (κ1) is 14.2. The molecule has 1 heterocycles. The molecule has 0 aromatic heterocycles. The van der Waals surface area contributed by atoms with Crippen LogP contribution in [-0.4, -0.2) is 54.2 Å². The van der Waals surface area contributed by atoms with Crippen LogP contribution in [0.2, 0.25) is 0 Å². The molecule has 1 aliphatic heterocycles. The zero-order chi connectivity index (χ0) is 14.0. The van der Waals surface area contributed by atoms with Gasteiger partial charge < -0.3 is 15.7 Å². The molecule has 0 amide bonds. The van der Waals surface area contributed by atoms with Gasteiger partial charge in [-0.2, -0.15) is 0 Å². The minimum absolute atomic E-state index is 0.0436. The van der Waals surface area contributed by atoms with E-state index in [4.69, 9.17) is 5.73 Å². The van der Waals surface area contributed by atoms with Crippen LogP contribution >= 0.6 is 0 Å². The lowest BCUT2D eigenvalue weighted by atomic mass is 10.0. The summed E-state index contributed by atoms with van der Waals surface area (Å²) in [6, 6.07) is 4.28. The summed E-state index contributed by atoms with van der Waals surface area (Å²) in [6.07, 6.45) is 0. The Hall–Kier alpha value is -1.17. The largest absolute Gasteiger partial charge is 0.508 e. The standard InChI is InChI=1S/C14H22FN3O/c1-10(13-7-11(15)3-4-14(13)19)18-6-5-17(2)9-12(18)8-16/h3-4,7,10,12,19H,5-6,8-9,16H2,1-2H3. The Morgan fingerprint density at radius 3 is 2.89 bits per heavy atom. The number of likely N-dealkylation sites (N-methyl/N-ethyl adjacent to an activating group) is 1. The number of halogens is 1. The van der Waals surface area contributed by atoms with E-state index in [9.17, 15) is 9.50 Å². The highest BCUT2D eigenvalue weighted by Gasteiger charge is 2.29. The lowest BCUT2D eigenvalue weighted by Crippen LogP contribution is -2.55. The number of hydrogen-bond donors (Lipinski definition) is 2. The molecule has 5 heteroatoms. The number of benzene rings is 1. The highest BCUT2D eigenvalue weighted by atomic mass is 19.1. The Morgan fingerprint density at radius 1 is 1.47 bits per heavy atom. The fourth-order valence-electron chi connectivity index (χ4n) is 2.78. The van der Waals surface area contributed by atoms with Gasteiger partial charge in [-0.1, -0.05) is 0 Å². The maximum atomic E-state index is 13.4. The van der Waals surface area contributed by atoms with E-state index in [1.165, 1.54) is 18.2 Å². The molecule has 1 aromatic carbocycles. The molecule has 1 fully saturated rings. The van der Waals surface area contributed by atoms with Gasteiger partial charge in [0.25, 0.3) is 0 Å². The number of nitrogens with two attached hydrogens (primary N) is 1. The molecule has 19 heavy (non-hydrogen) atoms. The number of nitrogens with zero attached hydrogens (tertiary/aromatic N) is 2. The van der Waals surface area contributed by atoms with E-state index in [0.717, 1.165) is 19.6 Å². The fraction of sp³-hybridized carbons (Fsp3) is 0.571. The molecule has 4 nitrogen and oxygen atoms in total. The first-order chi connectivity index (χ1) is 9.02. The zero-order valence-electron chi connectivity index (χ0n) is 11.5. The fourth-order valence-corrected chi connectivity index (χ4v) is 2.78. The van der Waals surface area contributed by atoms with Gasteiger partial charge in [0.15, 0.2) is 0 Å². The van der Waals surface area contributed by atoms with Crippen molar-refractivity contribution in [3.8, 4) is 5.75 Å². The molecule has 3 N–H and O–H groups in total. The Balaban J connectivity index is 2.22. The number of phenols is 1. The number of aromatic hydroxyl groups is 1. The Kier molecular flexibility index (Phi) is 4.39. The molecule has 0 radical (unpaired) electrons. The van der Waals surface area contributed by atoms with E-state index in [2.05, 4.69) is 16.8 Å². The van der Waals surface area contributed by atoms with Gasteiger partial charge in [0.05, 0.1) is 0 Å². The lowest BCUT2D eigenvalue weighted by Gasteiger charge is -2.43. The highest BCUT2D eigenvalue weighted by Crippen LogP contribution is 2.31. The number of piperazine rings is 1. The normalized spacial score (nSPS) is 23.5. The molecular weight excluding hydrogens is 245 g/mol. The lowest BCUT2D eigenvalue weighted by molar-refractivity contribution is 0.0611. The molecule has 0 aliphatic carbocycles. The van der Waals surface area contributed by atoms with Crippen LogP contribution in [0.15, 0.2) is 18.2 Å². The van der Waals surface area contributed by atoms with E-state index in [0.29, 0.717) is 12.1 Å². The van der Waals surface area contributed by atoms with Gasteiger partial charge in [-0.25, -0.2) is 4.39 Å². The van der Waals surface area contributed by atoms with E-state index in [1.54, 1.807) is 0 Å². The van der Waals surface area contributed by atoms with Gasteiger partial charge in [-0.3, -0.25) is 4.90 Å². The first-order valence-electron chi connectivity index (χ1n) is 6.65. The van der Waals surface area contributed by atoms with E-state index >= 15 is 0 Å². The van der Waals surface area contributed by atoms with E-state index in [1.807, 2.05) is 6.92 Å². The minimum Gasteiger partial charge on any atom is -0.508 e. The summed E-state index contributed by atoms with van der Waals surface area (Å²) >= 11 is 0. The molecule has 0 saturated carbocycles. The predicted molar refractivity (Wildman–Crippen MR) is 73.5 cm³/mol. The number of rotatable bonds is 3. The Labute approximate surface area is 113 Å². The van der Waals surface area contributed by atoms with Gasteiger partial charge in [-0.15, -0.1) is 0 Å². The van der Waals surface area contributed by atoms with Gasteiger partial charge in [0.2, 0.25) is 0 Å².